The SMILES string of the molecule is CCCCOC(CC1CCCC(CCOC(C)(OCCC2CCCCC2)c2ccc([S+](c3ccccc3)c3ccc(OC(O)C(F)(F)S(=O)(=O)O)cc3)cc2)C1)(OCCCC)c1ccc([S+](c2ccccc2)c2ccc(OC(O)C(F)(F)S(=O)(=O)O)cc2)cc1. The molecule has 4 N–H and O–H groups in total. The molecule has 90 heavy (non-hydrogen) atoms. The first kappa shape index (κ1) is 70.8. The van der Waals surface area contributed by atoms with Gasteiger partial charge in [-0.1, -0.05) is 114 Å². The smallest absolute Gasteiger partial charge is 0.430 e. The van der Waals surface area contributed by atoms with Gasteiger partial charge in [0.05, 0.1) is 48.2 Å². The molecular weight excluding hydrogens is 1240 g/mol. The zero-order chi connectivity index (χ0) is 64.6. The first-order valence-electron chi connectivity index (χ1n) is 30.9. The van der Waals surface area contributed by atoms with Gasteiger partial charge in [0, 0.05) is 17.5 Å². The molecule has 2 aliphatic carbocycles. The highest BCUT2D eigenvalue weighted by molar-refractivity contribution is 7.97. The number of halogens is 4. The van der Waals surface area contributed by atoms with Crippen LogP contribution in [0.1, 0.15) is 135 Å². The summed E-state index contributed by atoms with van der Waals surface area (Å²) in [6.45, 7) is 8.23. The molecule has 2 saturated carbocycles. The second kappa shape index (κ2) is 32.2. The zero-order valence-corrected chi connectivity index (χ0v) is 54.3. The molecule has 0 bridgehead atoms. The predicted octanol–water partition coefficient (Wildman–Crippen LogP) is 15.5. The van der Waals surface area contributed by atoms with Crippen LogP contribution in [-0.4, -0.2) is 85.7 Å². The number of hydrogen-bond acceptors (Lipinski definition) is 12. The summed E-state index contributed by atoms with van der Waals surface area (Å²) in [5.74, 6) is -1.39. The molecule has 0 aromatic heterocycles. The molecule has 0 amide bonds. The first-order chi connectivity index (χ1) is 43.0. The second-order valence-electron chi connectivity index (χ2n) is 23.2. The van der Waals surface area contributed by atoms with Crippen molar-refractivity contribution < 1.29 is 82.1 Å². The largest absolute Gasteiger partial charge is 0.457 e. The third kappa shape index (κ3) is 18.4. The Bertz CT molecular complexity index is 3360. The van der Waals surface area contributed by atoms with E-state index in [1.54, 1.807) is 24.3 Å². The van der Waals surface area contributed by atoms with Gasteiger partial charge in [0.1, 0.15) is 11.5 Å². The Morgan fingerprint density at radius 1 is 0.467 bits per heavy atom. The maximum absolute atomic E-state index is 14.2. The highest BCUT2D eigenvalue weighted by Gasteiger charge is 2.55. The van der Waals surface area contributed by atoms with Crippen LogP contribution in [0.4, 0.5) is 17.6 Å². The molecule has 22 heteroatoms. The van der Waals surface area contributed by atoms with Gasteiger partial charge in [0.25, 0.3) is 12.6 Å². The minimum absolute atomic E-state index is 0.229. The third-order valence-electron chi connectivity index (χ3n) is 16.6. The topological polar surface area (TPSA) is 205 Å². The van der Waals surface area contributed by atoms with Crippen LogP contribution in [0.15, 0.2) is 187 Å². The number of unbranched alkanes of at least 4 members (excludes halogenated alkanes) is 2. The van der Waals surface area contributed by atoms with Crippen molar-refractivity contribution in [3.05, 3.63) is 169 Å². The second-order valence-corrected chi connectivity index (χ2v) is 30.3. The van der Waals surface area contributed by atoms with Gasteiger partial charge in [-0.25, -0.2) is 0 Å². The highest BCUT2D eigenvalue weighted by atomic mass is 32.2. The Balaban J connectivity index is 1.00. The molecule has 8 rings (SSSR count). The maximum Gasteiger partial charge on any atom is 0.430 e. The van der Waals surface area contributed by atoms with Crippen LogP contribution in [0.5, 0.6) is 11.5 Å². The van der Waals surface area contributed by atoms with Gasteiger partial charge >= 0.3 is 30.7 Å². The van der Waals surface area contributed by atoms with Crippen LogP contribution in [-0.2, 0) is 72.5 Å². The van der Waals surface area contributed by atoms with Crippen LogP contribution in [0.25, 0.3) is 0 Å². The summed E-state index contributed by atoms with van der Waals surface area (Å²) in [6, 6.07) is 48.1. The molecule has 7 atom stereocenters. The molecule has 0 aliphatic heterocycles. The predicted molar refractivity (Wildman–Crippen MR) is 338 cm³/mol. The molecule has 7 unspecified atom stereocenters. The minimum Gasteiger partial charge on any atom is -0.457 e. The minimum atomic E-state index is -5.96. The van der Waals surface area contributed by atoms with Gasteiger partial charge < -0.3 is 38.6 Å². The van der Waals surface area contributed by atoms with Crippen molar-refractivity contribution in [3.8, 4) is 11.5 Å². The molecule has 490 valence electrons. The van der Waals surface area contributed by atoms with Gasteiger partial charge in [-0.05, 0) is 178 Å². The molecular formula is C68H84F4O14S4+2. The number of aliphatic hydroxyl groups is 2. The monoisotopic (exact) mass is 1330 g/mol. The van der Waals surface area contributed by atoms with E-state index >= 15 is 0 Å². The number of ether oxygens (including phenoxy) is 6. The summed E-state index contributed by atoms with van der Waals surface area (Å²) in [7, 11) is -13.3. The molecule has 2 aliphatic rings. The Morgan fingerprint density at radius 3 is 1.24 bits per heavy atom. The summed E-state index contributed by atoms with van der Waals surface area (Å²) in [5.41, 5.74) is 1.75. The lowest BCUT2D eigenvalue weighted by atomic mass is 9.76. The van der Waals surface area contributed by atoms with Gasteiger partial charge in [-0.3, -0.25) is 9.11 Å². The first-order valence-corrected chi connectivity index (χ1v) is 36.2. The lowest BCUT2D eigenvalue weighted by Crippen LogP contribution is -2.44. The average Bonchev–Trinajstić information content (AvgIpc) is 1.49. The number of alkyl halides is 4. The summed E-state index contributed by atoms with van der Waals surface area (Å²) >= 11 is 0. The number of rotatable bonds is 34. The van der Waals surface area contributed by atoms with E-state index in [-0.39, 0.29) is 17.4 Å². The molecule has 0 spiro atoms. The van der Waals surface area contributed by atoms with E-state index in [0.29, 0.717) is 44.7 Å². The van der Waals surface area contributed by atoms with E-state index in [0.717, 1.165) is 105 Å². The van der Waals surface area contributed by atoms with E-state index in [1.165, 1.54) is 56.4 Å². The molecule has 2 fully saturated rings. The van der Waals surface area contributed by atoms with Crippen molar-refractivity contribution >= 4 is 42.0 Å². The summed E-state index contributed by atoms with van der Waals surface area (Å²) in [4.78, 5) is 5.39. The third-order valence-corrected chi connectivity index (χ3v) is 22.9. The fraction of sp³-hybridized carbons (Fsp3) is 0.471. The van der Waals surface area contributed by atoms with Gasteiger partial charge in [0.2, 0.25) is 0 Å². The van der Waals surface area contributed by atoms with Gasteiger partial charge in [0.15, 0.2) is 40.9 Å². The van der Waals surface area contributed by atoms with Crippen molar-refractivity contribution in [2.24, 2.45) is 17.8 Å². The van der Waals surface area contributed by atoms with E-state index in [4.69, 9.17) is 37.5 Å². The number of hydrogen-bond donors (Lipinski definition) is 4. The van der Waals surface area contributed by atoms with Crippen molar-refractivity contribution in [1.29, 1.82) is 0 Å². The van der Waals surface area contributed by atoms with Crippen LogP contribution < -0.4 is 9.47 Å². The summed E-state index contributed by atoms with van der Waals surface area (Å²) in [6.07, 6.45) is 9.72. The van der Waals surface area contributed by atoms with Gasteiger partial charge in [-0.2, -0.15) is 34.4 Å². The Kier molecular flexibility index (Phi) is 25.3. The molecule has 6 aromatic rings. The Morgan fingerprint density at radius 2 is 0.833 bits per heavy atom. The van der Waals surface area contributed by atoms with Crippen molar-refractivity contribution in [1.82, 2.24) is 0 Å². The number of aliphatic hydroxyl groups excluding tert-OH is 2. The normalized spacial score (nSPS) is 18.5. The van der Waals surface area contributed by atoms with Crippen LogP contribution >= 0.6 is 0 Å². The van der Waals surface area contributed by atoms with E-state index in [2.05, 4.69) is 38.1 Å². The lowest BCUT2D eigenvalue weighted by Gasteiger charge is -2.40. The molecule has 6 aromatic carbocycles. The molecule has 14 nitrogen and oxygen atoms in total. The van der Waals surface area contributed by atoms with Crippen molar-refractivity contribution in [2.75, 3.05) is 26.4 Å². The van der Waals surface area contributed by atoms with Crippen LogP contribution in [0.2, 0.25) is 0 Å². The molecule has 0 heterocycles. The Labute approximate surface area is 533 Å². The molecule has 0 radical (unpaired) electrons. The van der Waals surface area contributed by atoms with Crippen molar-refractivity contribution in [2.45, 2.75) is 188 Å². The standard InChI is InChI=1S/C68H82F4O14S4/c1-4-6-44-83-66(84-45-7-5-2,54-28-36-60(37-29-54)88(58-24-15-10-16-25-58)62-40-32-56(33-41-62)86-64(74)68(71,72)90(78,79)80)49-52-21-17-20-51(48-52)43-47-82-65(3,81-46-42-50-18-11-8-12-19-50)53-26-34-59(35-27-53)87(57-22-13-9-14-23-57)61-38-30-55(31-39-61)85-63(73)67(69,70)89(75,76)77/h9-10,13-16,22-41,50-52,63-64,73-74H,4-8,11-12,17-21,42-49H2,1-3H3/p+2. The summed E-state index contributed by atoms with van der Waals surface area (Å²) in [5, 5.41) is 9.94. The Hall–Kier alpha value is -5.08. The summed E-state index contributed by atoms with van der Waals surface area (Å²) < 4.78 is 157. The van der Waals surface area contributed by atoms with E-state index in [9.17, 15) is 44.6 Å². The van der Waals surface area contributed by atoms with E-state index < -0.39 is 76.7 Å². The van der Waals surface area contributed by atoms with Crippen LogP contribution in [0.3, 0.4) is 0 Å². The quantitative estimate of drug-likeness (QED) is 0.00976. The zero-order valence-electron chi connectivity index (χ0n) is 51.1. The fourth-order valence-electron chi connectivity index (χ4n) is 11.6. The van der Waals surface area contributed by atoms with Gasteiger partial charge in [-0.15, -0.1) is 0 Å². The van der Waals surface area contributed by atoms with Crippen LogP contribution in [0, 0.1) is 17.8 Å². The average molecular weight is 1330 g/mol. The molecule has 0 saturated heterocycles. The fourth-order valence-corrected chi connectivity index (χ4v) is 16.3. The highest BCUT2D eigenvalue weighted by Crippen LogP contribution is 2.45. The maximum atomic E-state index is 14.2. The van der Waals surface area contributed by atoms with E-state index in [1.807, 2.05) is 91.9 Å². The van der Waals surface area contributed by atoms with Crippen molar-refractivity contribution in [3.63, 3.8) is 0 Å². The number of benzene rings is 6. The lowest BCUT2D eigenvalue weighted by molar-refractivity contribution is -0.259.